The van der Waals surface area contributed by atoms with Gasteiger partial charge in [-0.15, -0.1) is 0 Å². The molecule has 10 N–H and O–H groups in total. The number of carbonyl (C=O) groups excluding carboxylic acids is 5. The van der Waals surface area contributed by atoms with Crippen LogP contribution in [0.3, 0.4) is 0 Å². The van der Waals surface area contributed by atoms with Crippen molar-refractivity contribution in [2.24, 2.45) is 0 Å². The van der Waals surface area contributed by atoms with Crippen LogP contribution in [0.15, 0.2) is 212 Å². The number of phenolic OH excluding ortho intramolecular Hbond substituents is 10. The maximum absolute atomic E-state index is 13.4. The summed E-state index contributed by atoms with van der Waals surface area (Å²) in [6.07, 6.45) is 10.7. The number of phenols is 10. The molecule has 0 heterocycles. The quantitative estimate of drug-likeness (QED) is 0.0132. The molecule has 0 amide bonds. The standard InChI is InChI=1S/C26H28O4.2C18H20O4.2C17H17FO4.3CH4/c1-2-3-4-6-11-21-16-23(25(28)17-24(21)27)26(29)18-30-22-14-12-20(13-15-22)19-9-7-5-8-10-19;2*1-3-4-13-9-15(17(20)10-16(13)19)18(21)11-22-14-7-5-12(2)6-8-14;1-2-5-11-8-12(15(20)9-14(11)19)16(21)10-22-17-7-4-3-6-13(17)18;1-2-4-11-7-14(16(20)9-15(11)19)17(21)10-22-13-6-3-5-12(18)8-13;;;/h5,7-10,12-17,27-28H,2-4,6,11,18H2,1H3;2*5-10,19-20H,3-4,11H2,1-2H3;3-4,6-9,19-20H,2,5,10H2,1H3;3,5-9,19-20H,2,4,10H2,1H3;3*1H4. The number of para-hydroxylation sites is 1. The Morgan fingerprint density at radius 2 is 0.570 bits per heavy atom. The molecule has 0 bridgehead atoms. The van der Waals surface area contributed by atoms with Crippen LogP contribution < -0.4 is 23.7 Å². The largest absolute Gasteiger partial charge is 0.508 e. The molecular weight excluding hydrogens is 1550 g/mol. The van der Waals surface area contributed by atoms with E-state index in [4.69, 9.17) is 23.7 Å². The van der Waals surface area contributed by atoms with Crippen LogP contribution in [-0.4, -0.2) is 113 Å². The van der Waals surface area contributed by atoms with E-state index in [2.05, 4.69) is 6.92 Å². The lowest BCUT2D eigenvalue weighted by Gasteiger charge is -2.11. The average molecular weight is 1660 g/mol. The molecule has 0 fully saturated rings. The summed E-state index contributed by atoms with van der Waals surface area (Å²) in [4.78, 5) is 61.3. The first-order valence-electron chi connectivity index (χ1n) is 39.0. The molecule has 22 heteroatoms. The summed E-state index contributed by atoms with van der Waals surface area (Å²) in [5.74, 6) is -2.26. The van der Waals surface area contributed by atoms with Crippen molar-refractivity contribution in [2.45, 2.75) is 154 Å². The molecule has 0 saturated heterocycles. The smallest absolute Gasteiger partial charge is 0.203 e. The fraction of sp³-hybridized carbons (Fsp3) is 0.283. The highest BCUT2D eigenvalue weighted by molar-refractivity contribution is 6.02. The van der Waals surface area contributed by atoms with Gasteiger partial charge in [-0.3, -0.25) is 24.0 Å². The molecule has 644 valence electrons. The van der Waals surface area contributed by atoms with E-state index in [0.717, 1.165) is 85.8 Å². The Kier molecular flexibility index (Phi) is 42.2. The van der Waals surface area contributed by atoms with E-state index in [1.165, 1.54) is 84.9 Å². The fourth-order valence-corrected chi connectivity index (χ4v) is 11.9. The average Bonchev–Trinajstić information content (AvgIpc) is 0.843. The molecule has 0 unspecified atom stereocenters. The van der Waals surface area contributed by atoms with Crippen molar-refractivity contribution >= 4 is 28.9 Å². The van der Waals surface area contributed by atoms with E-state index >= 15 is 0 Å². The Bertz CT molecular complexity index is 5010. The van der Waals surface area contributed by atoms with Gasteiger partial charge in [0.15, 0.2) is 44.6 Å². The van der Waals surface area contributed by atoms with Crippen molar-refractivity contribution in [3.05, 3.63) is 291 Å². The molecule has 0 atom stereocenters. The summed E-state index contributed by atoms with van der Waals surface area (Å²) in [7, 11) is 0. The second-order valence-corrected chi connectivity index (χ2v) is 27.8. The summed E-state index contributed by atoms with van der Waals surface area (Å²) >= 11 is 0. The van der Waals surface area contributed by atoms with Crippen LogP contribution in [0.25, 0.3) is 11.1 Å². The number of rotatable bonds is 34. The number of aryl methyl sites for hydroxylation is 7. The van der Waals surface area contributed by atoms with Gasteiger partial charge in [0, 0.05) is 36.4 Å². The summed E-state index contributed by atoms with van der Waals surface area (Å²) in [6.45, 7) is 12.7. The predicted octanol–water partition coefficient (Wildman–Crippen LogP) is 22.2. The third kappa shape index (κ3) is 31.5. The van der Waals surface area contributed by atoms with E-state index in [-0.39, 0.29) is 163 Å². The highest BCUT2D eigenvalue weighted by Gasteiger charge is 2.22. The third-order valence-electron chi connectivity index (χ3n) is 18.3. The van der Waals surface area contributed by atoms with Gasteiger partial charge in [0.05, 0.1) is 27.8 Å². The van der Waals surface area contributed by atoms with E-state index in [0.29, 0.717) is 77.2 Å². The molecule has 0 radical (unpaired) electrons. The molecular formula is C99H114F2O20. The van der Waals surface area contributed by atoms with Crippen molar-refractivity contribution in [3.8, 4) is 97.4 Å². The number of ether oxygens (including phenoxy) is 5. The van der Waals surface area contributed by atoms with Crippen molar-refractivity contribution < 1.29 is 108 Å². The van der Waals surface area contributed by atoms with Crippen molar-refractivity contribution in [1.82, 2.24) is 0 Å². The molecule has 0 aliphatic heterocycles. The van der Waals surface area contributed by atoms with Crippen LogP contribution in [0.2, 0.25) is 0 Å². The summed E-state index contributed by atoms with van der Waals surface area (Å²) < 4.78 is 53.3. The van der Waals surface area contributed by atoms with Gasteiger partial charge in [-0.05, 0) is 182 Å². The van der Waals surface area contributed by atoms with Crippen LogP contribution in [0, 0.1) is 25.5 Å². The van der Waals surface area contributed by atoms with Crippen LogP contribution >= 0.6 is 0 Å². The van der Waals surface area contributed by atoms with Crippen LogP contribution in [0.5, 0.6) is 86.2 Å². The molecule has 11 aromatic rings. The van der Waals surface area contributed by atoms with Gasteiger partial charge >= 0.3 is 0 Å². The maximum Gasteiger partial charge on any atom is 0.203 e. The minimum Gasteiger partial charge on any atom is -0.508 e. The second-order valence-electron chi connectivity index (χ2n) is 27.8. The van der Waals surface area contributed by atoms with Gasteiger partial charge in [-0.2, -0.15) is 0 Å². The number of hydrogen-bond acceptors (Lipinski definition) is 20. The van der Waals surface area contributed by atoms with Crippen LogP contribution in [-0.2, 0) is 32.1 Å². The van der Waals surface area contributed by atoms with Crippen molar-refractivity contribution in [3.63, 3.8) is 0 Å². The Morgan fingerprint density at radius 3 is 0.893 bits per heavy atom. The highest BCUT2D eigenvalue weighted by atomic mass is 19.1. The van der Waals surface area contributed by atoms with Crippen molar-refractivity contribution in [1.29, 1.82) is 0 Å². The summed E-state index contributed by atoms with van der Waals surface area (Å²) in [6, 6.07) is 57.1. The Labute approximate surface area is 708 Å². The number of unbranched alkanes of at least 4 members (excludes halogenated alkanes) is 3. The number of benzene rings is 11. The number of aromatic hydroxyl groups is 10. The molecule has 0 aromatic heterocycles. The van der Waals surface area contributed by atoms with Gasteiger partial charge in [-0.25, -0.2) is 8.78 Å². The molecule has 0 aliphatic rings. The zero-order chi connectivity index (χ0) is 85.8. The topological polar surface area (TPSA) is 334 Å². The molecule has 121 heavy (non-hydrogen) atoms. The van der Waals surface area contributed by atoms with E-state index in [9.17, 15) is 83.8 Å². The molecule has 20 nitrogen and oxygen atoms in total. The first-order chi connectivity index (χ1) is 56.6. The lowest BCUT2D eigenvalue weighted by atomic mass is 10.0. The predicted molar refractivity (Wildman–Crippen MR) is 469 cm³/mol. The van der Waals surface area contributed by atoms with Gasteiger partial charge in [0.25, 0.3) is 0 Å². The van der Waals surface area contributed by atoms with Gasteiger partial charge in [0.2, 0.25) is 28.9 Å². The minimum atomic E-state index is -0.558. The first-order valence-corrected chi connectivity index (χ1v) is 39.0. The second kappa shape index (κ2) is 51.1. The number of carbonyl (C=O) groups is 5. The fourth-order valence-electron chi connectivity index (χ4n) is 11.9. The van der Waals surface area contributed by atoms with E-state index < -0.39 is 29.8 Å². The summed E-state index contributed by atoms with van der Waals surface area (Å²) in [5.41, 5.74) is 8.22. The maximum atomic E-state index is 13.4. The number of ketones is 5. The monoisotopic (exact) mass is 1660 g/mol. The van der Waals surface area contributed by atoms with Gasteiger partial charge in [0.1, 0.15) is 86.3 Å². The first kappa shape index (κ1) is 100.0. The van der Waals surface area contributed by atoms with Gasteiger partial charge in [-0.1, -0.05) is 198 Å². The van der Waals surface area contributed by atoms with E-state index in [1.807, 2.05) is 120 Å². The number of Topliss-reactive ketones (excluding diaryl/α,β-unsaturated/α-hetero) is 5. The molecule has 11 aromatic carbocycles. The zero-order valence-corrected chi connectivity index (χ0v) is 67.2. The molecule has 0 aliphatic carbocycles. The van der Waals surface area contributed by atoms with Gasteiger partial charge < -0.3 is 74.7 Å². The minimum absolute atomic E-state index is 0. The lowest BCUT2D eigenvalue weighted by Crippen LogP contribution is -2.13. The van der Waals surface area contributed by atoms with Crippen LogP contribution in [0.4, 0.5) is 8.78 Å². The third-order valence-corrected chi connectivity index (χ3v) is 18.3. The Morgan fingerprint density at radius 1 is 0.273 bits per heavy atom. The molecule has 11 rings (SSSR count). The Balaban J connectivity index is 0.000000318. The zero-order valence-electron chi connectivity index (χ0n) is 67.2. The molecule has 0 spiro atoms. The summed E-state index contributed by atoms with van der Waals surface area (Å²) in [5, 5.41) is 98.5. The molecule has 0 saturated carbocycles. The number of halogens is 2. The highest BCUT2D eigenvalue weighted by Crippen LogP contribution is 2.35. The SMILES string of the molecule is C.C.C.CCCCCCc1cc(C(=O)COc2ccc(-c3ccccc3)cc2)c(O)cc1O.CCCc1cc(C(=O)COc2ccc(C)cc2)c(O)cc1O.CCCc1cc(C(=O)COc2ccc(C)cc2)c(O)cc1O.CCCc1cc(C(=O)COc2cccc(F)c2)c(O)cc1O.CCCc1cc(C(=O)COc2ccccc2F)c(O)cc1O. The Hall–Kier alpha value is -13.4. The van der Waals surface area contributed by atoms with Crippen LogP contribution in [0.1, 0.15) is 199 Å². The number of hydrogen-bond donors (Lipinski definition) is 10. The van der Waals surface area contributed by atoms with Crippen molar-refractivity contribution in [2.75, 3.05) is 33.0 Å². The van der Waals surface area contributed by atoms with E-state index in [1.54, 1.807) is 36.4 Å². The normalized spacial score (nSPS) is 10.3. The lowest BCUT2D eigenvalue weighted by molar-refractivity contribution is 0.0909.